The van der Waals surface area contributed by atoms with Crippen molar-refractivity contribution in [2.24, 2.45) is 0 Å². The molecule has 5 nitrogen and oxygen atoms in total. The molecule has 1 aromatic rings. The molecule has 1 rings (SSSR count). The highest BCUT2D eigenvalue weighted by Crippen LogP contribution is 2.12. The van der Waals surface area contributed by atoms with Crippen LogP contribution in [0.5, 0.6) is 6.01 Å². The Bertz CT molecular complexity index is 391. The zero-order chi connectivity index (χ0) is 12.0. The van der Waals surface area contributed by atoms with E-state index in [-0.39, 0.29) is 17.3 Å². The molecule has 16 heavy (non-hydrogen) atoms. The van der Waals surface area contributed by atoms with Crippen LogP contribution in [0.2, 0.25) is 5.28 Å². The van der Waals surface area contributed by atoms with E-state index in [4.69, 9.17) is 22.8 Å². The van der Waals surface area contributed by atoms with Gasteiger partial charge in [-0.25, -0.2) is 0 Å². The van der Waals surface area contributed by atoms with E-state index in [1.807, 2.05) is 6.92 Å². The molecule has 0 saturated carbocycles. The van der Waals surface area contributed by atoms with Gasteiger partial charge in [0.2, 0.25) is 11.2 Å². The number of halogens is 1. The van der Waals surface area contributed by atoms with Crippen molar-refractivity contribution in [3.63, 3.8) is 0 Å². The van der Waals surface area contributed by atoms with E-state index in [1.54, 1.807) is 0 Å². The fourth-order valence-electron chi connectivity index (χ4n) is 1.13. The van der Waals surface area contributed by atoms with E-state index in [9.17, 15) is 0 Å². The lowest BCUT2D eigenvalue weighted by molar-refractivity contribution is 0.378. The maximum atomic E-state index is 5.70. The second-order valence-electron chi connectivity index (χ2n) is 3.07. The number of methoxy groups -OCH3 is 1. The number of nitrogens with zero attached hydrogens (tertiary/aromatic N) is 3. The van der Waals surface area contributed by atoms with Crippen molar-refractivity contribution < 1.29 is 4.74 Å². The number of hydrogen-bond donors (Lipinski definition) is 1. The van der Waals surface area contributed by atoms with Crippen molar-refractivity contribution in [1.82, 2.24) is 15.0 Å². The predicted molar refractivity (Wildman–Crippen MR) is 62.5 cm³/mol. The first kappa shape index (κ1) is 12.5. The Balaban J connectivity index is 2.80. The minimum Gasteiger partial charge on any atom is -0.467 e. The molecule has 0 bridgehead atoms. The minimum atomic E-state index is -0.117. The molecule has 0 aromatic carbocycles. The largest absolute Gasteiger partial charge is 0.467 e. The fourth-order valence-corrected chi connectivity index (χ4v) is 1.28. The van der Waals surface area contributed by atoms with Gasteiger partial charge in [0.15, 0.2) is 0 Å². The molecule has 0 aliphatic carbocycles. The third kappa shape index (κ3) is 3.55. The summed E-state index contributed by atoms with van der Waals surface area (Å²) >= 11 is 5.70. The monoisotopic (exact) mass is 240 g/mol. The third-order valence-electron chi connectivity index (χ3n) is 1.85. The maximum Gasteiger partial charge on any atom is 0.322 e. The Morgan fingerprint density at radius 1 is 1.50 bits per heavy atom. The van der Waals surface area contributed by atoms with Crippen LogP contribution in [0, 0.1) is 12.3 Å². The molecule has 6 heteroatoms. The van der Waals surface area contributed by atoms with E-state index in [1.165, 1.54) is 7.11 Å². The highest BCUT2D eigenvalue weighted by Gasteiger charge is 2.09. The molecule has 1 unspecified atom stereocenters. The van der Waals surface area contributed by atoms with Crippen LogP contribution in [0.1, 0.15) is 19.8 Å². The summed E-state index contributed by atoms with van der Waals surface area (Å²) in [6.45, 7) is 2.05. The molecule has 1 aromatic heterocycles. The number of ether oxygens (including phenoxy) is 1. The van der Waals surface area contributed by atoms with Gasteiger partial charge in [0.25, 0.3) is 0 Å². The summed E-state index contributed by atoms with van der Waals surface area (Å²) in [5.74, 6) is 2.94. The van der Waals surface area contributed by atoms with Gasteiger partial charge in [0.1, 0.15) is 0 Å². The standard InChI is InChI=1S/C10H13ClN4O/c1-4-6-7(5-2)12-9-13-8(11)14-10(15-9)16-3/h2,7H,4,6H2,1,3H3,(H,12,13,14,15). The van der Waals surface area contributed by atoms with Crippen molar-refractivity contribution in [2.45, 2.75) is 25.8 Å². The predicted octanol–water partition coefficient (Wildman–Crippen LogP) is 1.75. The van der Waals surface area contributed by atoms with Crippen LogP contribution in [0.15, 0.2) is 0 Å². The number of hydrogen-bond acceptors (Lipinski definition) is 5. The molecule has 1 atom stereocenters. The minimum absolute atomic E-state index is 0.0709. The van der Waals surface area contributed by atoms with E-state index in [0.29, 0.717) is 5.95 Å². The molecular formula is C10H13ClN4O. The molecule has 86 valence electrons. The topological polar surface area (TPSA) is 59.9 Å². The molecule has 0 saturated heterocycles. The summed E-state index contributed by atoms with van der Waals surface area (Å²) in [6.07, 6.45) is 7.17. The van der Waals surface area contributed by atoms with E-state index in [2.05, 4.69) is 26.2 Å². The van der Waals surface area contributed by atoms with Crippen molar-refractivity contribution in [1.29, 1.82) is 0 Å². The van der Waals surface area contributed by atoms with Crippen molar-refractivity contribution in [2.75, 3.05) is 12.4 Å². The Morgan fingerprint density at radius 2 is 2.25 bits per heavy atom. The Morgan fingerprint density at radius 3 is 2.81 bits per heavy atom. The van der Waals surface area contributed by atoms with Crippen LogP contribution in [-0.4, -0.2) is 28.1 Å². The fraction of sp³-hybridized carbons (Fsp3) is 0.500. The van der Waals surface area contributed by atoms with Gasteiger partial charge in [-0.2, -0.15) is 15.0 Å². The lowest BCUT2D eigenvalue weighted by Crippen LogP contribution is -2.19. The molecule has 1 N–H and O–H groups in total. The highest BCUT2D eigenvalue weighted by atomic mass is 35.5. The van der Waals surface area contributed by atoms with Gasteiger partial charge in [0.05, 0.1) is 13.2 Å². The molecule has 0 aliphatic heterocycles. The Hall–Kier alpha value is -1.54. The average Bonchev–Trinajstić information content (AvgIpc) is 2.27. The zero-order valence-electron chi connectivity index (χ0n) is 9.20. The van der Waals surface area contributed by atoms with Gasteiger partial charge in [0, 0.05) is 0 Å². The summed E-state index contributed by atoms with van der Waals surface area (Å²) in [5.41, 5.74) is 0. The second-order valence-corrected chi connectivity index (χ2v) is 3.41. The smallest absolute Gasteiger partial charge is 0.322 e. The molecule has 0 spiro atoms. The molecule has 0 aliphatic rings. The van der Waals surface area contributed by atoms with Gasteiger partial charge in [-0.3, -0.25) is 0 Å². The summed E-state index contributed by atoms with van der Waals surface area (Å²) < 4.78 is 4.87. The summed E-state index contributed by atoms with van der Waals surface area (Å²) in [6, 6.07) is 0.0444. The second kappa shape index (κ2) is 6.13. The Kier molecular flexibility index (Phi) is 4.80. The highest BCUT2D eigenvalue weighted by molar-refractivity contribution is 6.28. The SMILES string of the molecule is C#CC(CCC)Nc1nc(Cl)nc(OC)n1. The summed E-state index contributed by atoms with van der Waals surface area (Å²) in [4.78, 5) is 11.7. The van der Waals surface area contributed by atoms with Gasteiger partial charge in [-0.1, -0.05) is 19.3 Å². The number of anilines is 1. The number of rotatable bonds is 5. The van der Waals surface area contributed by atoms with Crippen LogP contribution in [0.3, 0.4) is 0 Å². The Labute approximate surface area is 99.6 Å². The molecule has 1 heterocycles. The number of nitrogens with one attached hydrogen (secondary N) is 1. The number of aromatic nitrogens is 3. The van der Waals surface area contributed by atoms with Crippen LogP contribution >= 0.6 is 11.6 Å². The molecular weight excluding hydrogens is 228 g/mol. The lowest BCUT2D eigenvalue weighted by atomic mass is 10.2. The van der Waals surface area contributed by atoms with E-state index < -0.39 is 0 Å². The normalized spacial score (nSPS) is 11.6. The third-order valence-corrected chi connectivity index (χ3v) is 2.02. The van der Waals surface area contributed by atoms with E-state index >= 15 is 0 Å². The zero-order valence-corrected chi connectivity index (χ0v) is 9.95. The molecule has 0 amide bonds. The van der Waals surface area contributed by atoms with Crippen LogP contribution in [0.25, 0.3) is 0 Å². The molecule has 0 fully saturated rings. The first-order valence-electron chi connectivity index (χ1n) is 4.87. The van der Waals surface area contributed by atoms with Gasteiger partial charge in [-0.15, -0.1) is 6.42 Å². The van der Waals surface area contributed by atoms with Crippen LogP contribution < -0.4 is 10.1 Å². The van der Waals surface area contributed by atoms with Crippen LogP contribution in [0.4, 0.5) is 5.95 Å². The molecule has 0 radical (unpaired) electrons. The van der Waals surface area contributed by atoms with Crippen molar-refractivity contribution in [3.8, 4) is 18.4 Å². The first-order valence-corrected chi connectivity index (χ1v) is 5.25. The van der Waals surface area contributed by atoms with E-state index in [0.717, 1.165) is 12.8 Å². The first-order chi connectivity index (χ1) is 7.69. The summed E-state index contributed by atoms with van der Waals surface area (Å²) in [7, 11) is 1.46. The maximum absolute atomic E-state index is 5.70. The summed E-state index contributed by atoms with van der Waals surface area (Å²) in [5, 5.41) is 3.05. The van der Waals surface area contributed by atoms with Gasteiger partial charge >= 0.3 is 6.01 Å². The average molecular weight is 241 g/mol. The quantitative estimate of drug-likeness (QED) is 0.795. The van der Waals surface area contributed by atoms with Crippen molar-refractivity contribution >= 4 is 17.5 Å². The lowest BCUT2D eigenvalue weighted by Gasteiger charge is -2.11. The van der Waals surface area contributed by atoms with Gasteiger partial charge in [-0.05, 0) is 18.0 Å². The number of terminal acetylenes is 1. The van der Waals surface area contributed by atoms with Crippen molar-refractivity contribution in [3.05, 3.63) is 5.28 Å². The van der Waals surface area contributed by atoms with Gasteiger partial charge < -0.3 is 10.1 Å². The van der Waals surface area contributed by atoms with Crippen LogP contribution in [-0.2, 0) is 0 Å².